The van der Waals surface area contributed by atoms with E-state index in [0.29, 0.717) is 18.3 Å². The van der Waals surface area contributed by atoms with Gasteiger partial charge in [0.2, 0.25) is 0 Å². The molecule has 0 saturated heterocycles. The van der Waals surface area contributed by atoms with Crippen LogP contribution >= 0.6 is 0 Å². The van der Waals surface area contributed by atoms with Crippen LogP contribution in [0.4, 0.5) is 5.69 Å². The molecule has 1 aromatic carbocycles. The van der Waals surface area contributed by atoms with Crippen molar-refractivity contribution in [2.75, 3.05) is 18.4 Å². The molecule has 1 aliphatic rings. The zero-order valence-electron chi connectivity index (χ0n) is 13.3. The first-order valence-electron chi connectivity index (χ1n) is 8.38. The highest BCUT2D eigenvalue weighted by Gasteiger charge is 2.21. The third-order valence-electron chi connectivity index (χ3n) is 4.40. The molecule has 0 spiro atoms. The third-order valence-corrected chi connectivity index (χ3v) is 4.40. The van der Waals surface area contributed by atoms with Crippen molar-refractivity contribution in [1.82, 2.24) is 9.97 Å². The summed E-state index contributed by atoms with van der Waals surface area (Å²) in [6, 6.07) is 7.03. The topological polar surface area (TPSA) is 84.1 Å². The zero-order chi connectivity index (χ0) is 16.1. The second-order valence-electron chi connectivity index (χ2n) is 6.09. The summed E-state index contributed by atoms with van der Waals surface area (Å²) in [6.07, 6.45) is 8.08. The van der Waals surface area contributed by atoms with Crippen LogP contribution in [0.25, 0.3) is 11.4 Å². The minimum Gasteiger partial charge on any atom is -0.508 e. The van der Waals surface area contributed by atoms with Crippen molar-refractivity contribution < 1.29 is 5.11 Å². The van der Waals surface area contributed by atoms with E-state index < -0.39 is 0 Å². The summed E-state index contributed by atoms with van der Waals surface area (Å²) >= 11 is 0. The minimum absolute atomic E-state index is 0.252. The lowest BCUT2D eigenvalue weighted by molar-refractivity contribution is 0.437. The summed E-state index contributed by atoms with van der Waals surface area (Å²) in [5.74, 6) is 1.45. The fraction of sp³-hybridized carbons (Fsp3) is 0.444. The van der Waals surface area contributed by atoms with Crippen LogP contribution in [-0.4, -0.2) is 28.2 Å². The van der Waals surface area contributed by atoms with Crippen molar-refractivity contribution in [3.05, 3.63) is 36.2 Å². The number of phenols is 1. The highest BCUT2D eigenvalue weighted by molar-refractivity contribution is 5.59. The Hall–Kier alpha value is -2.14. The van der Waals surface area contributed by atoms with Crippen molar-refractivity contribution >= 4 is 5.69 Å². The number of anilines is 1. The fourth-order valence-corrected chi connectivity index (χ4v) is 3.17. The molecule has 5 nitrogen and oxygen atoms in total. The Balaban J connectivity index is 1.94. The highest BCUT2D eigenvalue weighted by Crippen LogP contribution is 2.36. The lowest BCUT2D eigenvalue weighted by Crippen LogP contribution is -2.17. The summed E-state index contributed by atoms with van der Waals surface area (Å²) in [7, 11) is 0. The average molecular weight is 312 g/mol. The van der Waals surface area contributed by atoms with Crippen LogP contribution in [0.15, 0.2) is 30.5 Å². The molecule has 2 aromatic rings. The Kier molecular flexibility index (Phi) is 5.08. The van der Waals surface area contributed by atoms with Gasteiger partial charge in [-0.1, -0.05) is 19.3 Å². The third kappa shape index (κ3) is 3.79. The normalized spacial score (nSPS) is 15.5. The molecule has 23 heavy (non-hydrogen) atoms. The van der Waals surface area contributed by atoms with Gasteiger partial charge in [-0.3, -0.25) is 0 Å². The van der Waals surface area contributed by atoms with Crippen molar-refractivity contribution in [3.63, 3.8) is 0 Å². The van der Waals surface area contributed by atoms with Gasteiger partial charge in [0.25, 0.3) is 0 Å². The SMILES string of the molecule is NCCNc1cnc(-c2ccc(O)cc2)nc1C1CCCCC1. The molecule has 0 amide bonds. The summed E-state index contributed by atoms with van der Waals surface area (Å²) in [4.78, 5) is 9.34. The maximum Gasteiger partial charge on any atom is 0.159 e. The monoisotopic (exact) mass is 312 g/mol. The number of hydrogen-bond donors (Lipinski definition) is 3. The van der Waals surface area contributed by atoms with E-state index in [1.54, 1.807) is 12.1 Å². The molecule has 0 radical (unpaired) electrons. The van der Waals surface area contributed by atoms with Crippen LogP contribution in [0.1, 0.15) is 43.7 Å². The molecule has 0 unspecified atom stereocenters. The largest absolute Gasteiger partial charge is 0.508 e. The number of phenolic OH excluding ortho intramolecular Hbond substituents is 1. The first-order valence-corrected chi connectivity index (χ1v) is 8.38. The Morgan fingerprint density at radius 2 is 1.87 bits per heavy atom. The first-order chi connectivity index (χ1) is 11.3. The van der Waals surface area contributed by atoms with Gasteiger partial charge in [0.15, 0.2) is 5.82 Å². The number of nitrogens with zero attached hydrogens (tertiary/aromatic N) is 2. The number of hydrogen-bond acceptors (Lipinski definition) is 5. The van der Waals surface area contributed by atoms with Crippen molar-refractivity contribution in [1.29, 1.82) is 0 Å². The van der Waals surface area contributed by atoms with Crippen LogP contribution in [0.2, 0.25) is 0 Å². The van der Waals surface area contributed by atoms with Gasteiger partial charge < -0.3 is 16.2 Å². The predicted octanol–water partition coefficient (Wildman–Crippen LogP) is 3.27. The standard InChI is InChI=1S/C18H24N4O/c19-10-11-20-16-12-21-18(14-6-8-15(23)9-7-14)22-17(16)13-4-2-1-3-5-13/h6-9,12-13,20,23H,1-5,10-11,19H2. The Labute approximate surface area is 137 Å². The number of nitrogens with one attached hydrogen (secondary N) is 1. The van der Waals surface area contributed by atoms with Gasteiger partial charge in [0.05, 0.1) is 17.6 Å². The van der Waals surface area contributed by atoms with Crippen molar-refractivity contribution in [2.24, 2.45) is 5.73 Å². The maximum absolute atomic E-state index is 9.44. The Morgan fingerprint density at radius 3 is 2.57 bits per heavy atom. The predicted molar refractivity (Wildman–Crippen MR) is 92.5 cm³/mol. The van der Waals surface area contributed by atoms with Crippen molar-refractivity contribution in [3.8, 4) is 17.1 Å². The molecule has 1 fully saturated rings. The van der Waals surface area contributed by atoms with E-state index in [1.807, 2.05) is 18.3 Å². The minimum atomic E-state index is 0.252. The molecule has 1 aliphatic carbocycles. The number of aromatic hydroxyl groups is 1. The summed E-state index contributed by atoms with van der Waals surface area (Å²) in [6.45, 7) is 1.31. The smallest absolute Gasteiger partial charge is 0.159 e. The van der Waals surface area contributed by atoms with Crippen LogP contribution in [0.3, 0.4) is 0 Å². The lowest BCUT2D eigenvalue weighted by Gasteiger charge is -2.24. The molecule has 0 bridgehead atoms. The molecule has 1 saturated carbocycles. The van der Waals surface area contributed by atoms with Crippen molar-refractivity contribution in [2.45, 2.75) is 38.0 Å². The van der Waals surface area contributed by atoms with E-state index in [9.17, 15) is 5.11 Å². The van der Waals surface area contributed by atoms with Gasteiger partial charge >= 0.3 is 0 Å². The van der Waals surface area contributed by atoms with Crippen LogP contribution in [0.5, 0.6) is 5.75 Å². The quantitative estimate of drug-likeness (QED) is 0.789. The average Bonchev–Trinajstić information content (AvgIpc) is 2.61. The number of aromatic nitrogens is 2. The Morgan fingerprint density at radius 1 is 1.13 bits per heavy atom. The molecule has 0 atom stereocenters. The molecular formula is C18H24N4O. The summed E-state index contributed by atoms with van der Waals surface area (Å²) < 4.78 is 0. The lowest BCUT2D eigenvalue weighted by atomic mass is 9.86. The fourth-order valence-electron chi connectivity index (χ4n) is 3.17. The van der Waals surface area contributed by atoms with Gasteiger partial charge in [0.1, 0.15) is 5.75 Å². The molecule has 5 heteroatoms. The van der Waals surface area contributed by atoms with Crippen LogP contribution < -0.4 is 11.1 Å². The van der Waals surface area contributed by atoms with Gasteiger partial charge in [-0.2, -0.15) is 0 Å². The summed E-state index contributed by atoms with van der Waals surface area (Å²) in [5, 5.41) is 12.8. The van der Waals surface area contributed by atoms with E-state index >= 15 is 0 Å². The molecular weight excluding hydrogens is 288 g/mol. The molecule has 3 rings (SSSR count). The molecule has 4 N–H and O–H groups in total. The van der Waals surface area contributed by atoms with E-state index in [2.05, 4.69) is 10.3 Å². The first kappa shape index (κ1) is 15.7. The number of nitrogens with two attached hydrogens (primary N) is 1. The Bertz CT molecular complexity index is 636. The molecule has 1 aromatic heterocycles. The number of rotatable bonds is 5. The second kappa shape index (κ2) is 7.42. The maximum atomic E-state index is 9.44. The van der Waals surface area contributed by atoms with Gasteiger partial charge in [-0.05, 0) is 37.1 Å². The van der Waals surface area contributed by atoms with Gasteiger partial charge in [-0.15, -0.1) is 0 Å². The van der Waals surface area contributed by atoms with Gasteiger partial charge in [0, 0.05) is 24.6 Å². The molecule has 122 valence electrons. The molecule has 1 heterocycles. The highest BCUT2D eigenvalue weighted by atomic mass is 16.3. The van der Waals surface area contributed by atoms with Crippen LogP contribution in [0, 0.1) is 0 Å². The second-order valence-corrected chi connectivity index (χ2v) is 6.09. The van der Waals surface area contributed by atoms with E-state index in [0.717, 1.165) is 23.5 Å². The number of benzene rings is 1. The zero-order valence-corrected chi connectivity index (χ0v) is 13.3. The van der Waals surface area contributed by atoms with Crippen LogP contribution in [-0.2, 0) is 0 Å². The molecule has 0 aliphatic heterocycles. The van der Waals surface area contributed by atoms with E-state index in [4.69, 9.17) is 10.7 Å². The van der Waals surface area contributed by atoms with E-state index in [1.165, 1.54) is 32.1 Å². The van der Waals surface area contributed by atoms with E-state index in [-0.39, 0.29) is 5.75 Å². The van der Waals surface area contributed by atoms with Gasteiger partial charge in [-0.25, -0.2) is 9.97 Å². The summed E-state index contributed by atoms with van der Waals surface area (Å²) in [5.41, 5.74) is 8.65.